The molecule has 0 bridgehead atoms. The summed E-state index contributed by atoms with van der Waals surface area (Å²) in [5, 5.41) is 0. The van der Waals surface area contributed by atoms with Crippen molar-refractivity contribution in [3.8, 4) is 0 Å². The van der Waals surface area contributed by atoms with Crippen LogP contribution in [0.5, 0.6) is 0 Å². The fourth-order valence-corrected chi connectivity index (χ4v) is 1.35. The van der Waals surface area contributed by atoms with Gasteiger partial charge in [0.05, 0.1) is 4.75 Å². The van der Waals surface area contributed by atoms with Crippen LogP contribution in [0.15, 0.2) is 28.7 Å². The zero-order valence-corrected chi connectivity index (χ0v) is 9.84. The molecule has 0 spiro atoms. The highest BCUT2D eigenvalue weighted by Gasteiger charge is 2.17. The Labute approximate surface area is 91.8 Å². The molecule has 2 nitrogen and oxygen atoms in total. The van der Waals surface area contributed by atoms with Crippen LogP contribution < -0.4 is 0 Å². The lowest BCUT2D eigenvalue weighted by atomic mass is 10.2. The molecule has 1 rings (SSSR count). The Morgan fingerprint density at radius 1 is 1.27 bits per heavy atom. The highest BCUT2D eigenvalue weighted by molar-refractivity contribution is 7.85. The van der Waals surface area contributed by atoms with Crippen molar-refractivity contribution < 1.29 is 8.60 Å². The summed E-state index contributed by atoms with van der Waals surface area (Å²) in [5.41, 5.74) is 0.744. The molecular formula is C11H14FNOS. The van der Waals surface area contributed by atoms with Gasteiger partial charge in [0, 0.05) is 6.21 Å². The molecule has 0 aromatic heterocycles. The molecule has 0 radical (unpaired) electrons. The molecule has 1 aromatic rings. The minimum Gasteiger partial charge on any atom is -0.234 e. The molecule has 0 saturated heterocycles. The van der Waals surface area contributed by atoms with Crippen LogP contribution in [0.3, 0.4) is 0 Å². The Bertz CT molecular complexity index is 379. The number of halogens is 1. The van der Waals surface area contributed by atoms with Gasteiger partial charge in [-0.2, -0.15) is 4.40 Å². The van der Waals surface area contributed by atoms with Crippen LogP contribution >= 0.6 is 0 Å². The van der Waals surface area contributed by atoms with Gasteiger partial charge in [0.1, 0.15) is 16.8 Å². The summed E-state index contributed by atoms with van der Waals surface area (Å²) in [6, 6.07) is 5.89. The average Bonchev–Trinajstić information content (AvgIpc) is 2.15. The third-order valence-electron chi connectivity index (χ3n) is 1.69. The van der Waals surface area contributed by atoms with E-state index in [0.29, 0.717) is 0 Å². The van der Waals surface area contributed by atoms with Crippen LogP contribution in [-0.4, -0.2) is 15.2 Å². The minimum absolute atomic E-state index is 0.288. The van der Waals surface area contributed by atoms with Crippen molar-refractivity contribution in [1.29, 1.82) is 0 Å². The summed E-state index contributed by atoms with van der Waals surface area (Å²) in [6.07, 6.45) is 1.50. The van der Waals surface area contributed by atoms with E-state index >= 15 is 0 Å². The zero-order valence-electron chi connectivity index (χ0n) is 9.03. The summed E-state index contributed by atoms with van der Waals surface area (Å²) in [5.74, 6) is -0.288. The van der Waals surface area contributed by atoms with Gasteiger partial charge in [-0.05, 0) is 38.5 Å². The Balaban J connectivity index is 2.74. The third kappa shape index (κ3) is 3.91. The molecule has 15 heavy (non-hydrogen) atoms. The van der Waals surface area contributed by atoms with E-state index in [1.165, 1.54) is 18.3 Å². The molecule has 0 unspecified atom stereocenters. The van der Waals surface area contributed by atoms with E-state index in [9.17, 15) is 8.60 Å². The molecule has 0 heterocycles. The molecule has 1 aromatic carbocycles. The first-order valence-electron chi connectivity index (χ1n) is 4.61. The summed E-state index contributed by atoms with van der Waals surface area (Å²) in [6.45, 7) is 5.56. The number of benzene rings is 1. The smallest absolute Gasteiger partial charge is 0.144 e. The summed E-state index contributed by atoms with van der Waals surface area (Å²) >= 11 is 0. The highest BCUT2D eigenvalue weighted by Crippen LogP contribution is 2.12. The monoisotopic (exact) mass is 227 g/mol. The maximum Gasteiger partial charge on any atom is 0.144 e. The Hall–Kier alpha value is -1.03. The topological polar surface area (TPSA) is 29.4 Å². The predicted molar refractivity (Wildman–Crippen MR) is 61.9 cm³/mol. The van der Waals surface area contributed by atoms with Crippen molar-refractivity contribution in [1.82, 2.24) is 0 Å². The number of hydrogen-bond donors (Lipinski definition) is 0. The molecule has 1 atom stereocenters. The average molecular weight is 227 g/mol. The van der Waals surface area contributed by atoms with Crippen molar-refractivity contribution in [2.45, 2.75) is 25.5 Å². The second-order valence-electron chi connectivity index (χ2n) is 4.15. The standard InChI is InChI=1S/C11H14FNOS/c1-11(2,3)15(14)13-8-9-4-6-10(12)7-5-9/h4-8H,1-3H3/b13-8+/t15-/m1/s1. The van der Waals surface area contributed by atoms with Crippen LogP contribution in [0.2, 0.25) is 0 Å². The van der Waals surface area contributed by atoms with Gasteiger partial charge in [-0.1, -0.05) is 12.1 Å². The molecule has 0 aliphatic rings. The predicted octanol–water partition coefficient (Wildman–Crippen LogP) is 2.71. The summed E-state index contributed by atoms with van der Waals surface area (Å²) < 4.78 is 27.7. The van der Waals surface area contributed by atoms with Crippen LogP contribution in [0.4, 0.5) is 4.39 Å². The molecule has 82 valence electrons. The first kappa shape index (κ1) is 12.0. The van der Waals surface area contributed by atoms with E-state index in [1.54, 1.807) is 12.1 Å². The van der Waals surface area contributed by atoms with E-state index in [4.69, 9.17) is 0 Å². The molecule has 4 heteroatoms. The molecule has 0 fully saturated rings. The van der Waals surface area contributed by atoms with Gasteiger partial charge in [-0.15, -0.1) is 0 Å². The molecule has 0 aliphatic carbocycles. The van der Waals surface area contributed by atoms with Crippen molar-refractivity contribution in [2.75, 3.05) is 0 Å². The fraction of sp³-hybridized carbons (Fsp3) is 0.364. The Morgan fingerprint density at radius 2 is 1.80 bits per heavy atom. The summed E-state index contributed by atoms with van der Waals surface area (Å²) in [4.78, 5) is 0. The highest BCUT2D eigenvalue weighted by atomic mass is 32.2. The van der Waals surface area contributed by atoms with Crippen molar-refractivity contribution in [2.24, 2.45) is 4.40 Å². The van der Waals surface area contributed by atoms with Crippen molar-refractivity contribution in [3.63, 3.8) is 0 Å². The maximum atomic E-state index is 12.6. The first-order chi connectivity index (χ1) is 6.89. The number of rotatable bonds is 2. The number of hydrogen-bond acceptors (Lipinski definition) is 1. The Kier molecular flexibility index (Phi) is 3.74. The molecule has 0 amide bonds. The van der Waals surface area contributed by atoms with Gasteiger partial charge in [0.2, 0.25) is 0 Å². The van der Waals surface area contributed by atoms with Crippen molar-refractivity contribution >= 4 is 17.2 Å². The molecule has 0 N–H and O–H groups in total. The number of nitrogens with zero attached hydrogens (tertiary/aromatic N) is 1. The van der Waals surface area contributed by atoms with Crippen LogP contribution in [0.25, 0.3) is 0 Å². The quantitative estimate of drug-likeness (QED) is 0.714. The van der Waals surface area contributed by atoms with Gasteiger partial charge in [0.25, 0.3) is 0 Å². The fourth-order valence-electron chi connectivity index (χ4n) is 0.816. The van der Waals surface area contributed by atoms with E-state index < -0.39 is 11.0 Å². The summed E-state index contributed by atoms with van der Waals surface area (Å²) in [7, 11) is -1.27. The first-order valence-corrected chi connectivity index (χ1v) is 5.72. The van der Waals surface area contributed by atoms with E-state index in [-0.39, 0.29) is 10.6 Å². The van der Waals surface area contributed by atoms with Gasteiger partial charge in [-0.25, -0.2) is 8.60 Å². The maximum absolute atomic E-state index is 12.6. The van der Waals surface area contributed by atoms with Crippen LogP contribution in [0, 0.1) is 5.82 Å². The van der Waals surface area contributed by atoms with Gasteiger partial charge < -0.3 is 0 Å². The molecule has 0 saturated carbocycles. The van der Waals surface area contributed by atoms with Gasteiger partial charge in [-0.3, -0.25) is 0 Å². The lowest BCUT2D eigenvalue weighted by Crippen LogP contribution is -2.19. The van der Waals surface area contributed by atoms with Gasteiger partial charge >= 0.3 is 0 Å². The largest absolute Gasteiger partial charge is 0.234 e. The minimum atomic E-state index is -1.27. The van der Waals surface area contributed by atoms with Crippen molar-refractivity contribution in [3.05, 3.63) is 35.6 Å². The molecular weight excluding hydrogens is 213 g/mol. The molecule has 0 aliphatic heterocycles. The third-order valence-corrected chi connectivity index (χ3v) is 3.04. The Morgan fingerprint density at radius 3 is 2.27 bits per heavy atom. The van der Waals surface area contributed by atoms with Gasteiger partial charge in [0.15, 0.2) is 0 Å². The normalized spacial score (nSPS) is 14.4. The van der Waals surface area contributed by atoms with Crippen LogP contribution in [-0.2, 0) is 11.0 Å². The van der Waals surface area contributed by atoms with Crippen LogP contribution in [0.1, 0.15) is 26.3 Å². The lowest BCUT2D eigenvalue weighted by Gasteiger charge is -2.12. The second-order valence-corrected chi connectivity index (χ2v) is 6.08. The van der Waals surface area contributed by atoms with E-state index in [2.05, 4.69) is 4.40 Å². The second kappa shape index (κ2) is 4.66. The van der Waals surface area contributed by atoms with E-state index in [0.717, 1.165) is 5.56 Å². The lowest BCUT2D eigenvalue weighted by molar-refractivity contribution is 0.628. The van der Waals surface area contributed by atoms with E-state index in [1.807, 2.05) is 20.8 Å². The zero-order chi connectivity index (χ0) is 11.5. The SMILES string of the molecule is CC(C)(C)[S@@](=O)/N=C/c1ccc(F)cc1.